The minimum absolute atomic E-state index is 0.186. The van der Waals surface area contributed by atoms with Gasteiger partial charge in [0, 0.05) is 32.0 Å². The van der Waals surface area contributed by atoms with Gasteiger partial charge in [-0.25, -0.2) is 13.8 Å². The van der Waals surface area contributed by atoms with Crippen LogP contribution in [0.15, 0.2) is 60.8 Å². The van der Waals surface area contributed by atoms with E-state index in [0.717, 1.165) is 5.56 Å². The molecular weight excluding hydrogens is 450 g/mol. The van der Waals surface area contributed by atoms with Crippen LogP contribution in [0.1, 0.15) is 38.2 Å². The van der Waals surface area contributed by atoms with E-state index in [1.165, 1.54) is 24.1 Å². The molecule has 1 amide bonds. The van der Waals surface area contributed by atoms with Crippen LogP contribution < -0.4 is 5.73 Å². The number of alkyl halides is 1. The second-order valence-corrected chi connectivity index (χ2v) is 9.69. The molecule has 3 rings (SSSR count). The van der Waals surface area contributed by atoms with Gasteiger partial charge >= 0.3 is 0 Å². The van der Waals surface area contributed by atoms with E-state index in [0.29, 0.717) is 23.6 Å². The van der Waals surface area contributed by atoms with Gasteiger partial charge in [0.25, 0.3) is 0 Å². The quantitative estimate of drug-likeness (QED) is 0.457. The maximum absolute atomic E-state index is 14.6. The first-order chi connectivity index (χ1) is 16.6. The Hall–Kier alpha value is -3.10. The molecule has 0 aliphatic heterocycles. The highest BCUT2D eigenvalue weighted by Crippen LogP contribution is 2.39. The predicted molar refractivity (Wildman–Crippen MR) is 133 cm³/mol. The van der Waals surface area contributed by atoms with Gasteiger partial charge in [0.1, 0.15) is 24.4 Å². The Morgan fingerprint density at radius 2 is 1.89 bits per heavy atom. The van der Waals surface area contributed by atoms with E-state index in [2.05, 4.69) is 0 Å². The Bertz CT molecular complexity index is 1110. The van der Waals surface area contributed by atoms with Crippen LogP contribution in [0, 0.1) is 11.2 Å². The van der Waals surface area contributed by atoms with Gasteiger partial charge in [-0.05, 0) is 23.1 Å². The standard InChI is InChI=1S/C27H34F2N4O2/c1-27(2,3)25(33(16-22(29)14-30)24(34)18-35-4)26-31-23(20-11-8-12-21(28)13-20)17-32(26)15-19-9-6-5-7-10-19/h5-13,17,22,25H,14-16,18,30H2,1-4H3/t22-,25+/m1/s1. The number of hydrogen-bond acceptors (Lipinski definition) is 4. The van der Waals surface area contributed by atoms with E-state index in [1.54, 1.807) is 12.1 Å². The van der Waals surface area contributed by atoms with Crippen LogP contribution in [0.5, 0.6) is 0 Å². The van der Waals surface area contributed by atoms with Crippen molar-refractivity contribution >= 4 is 5.91 Å². The first-order valence-electron chi connectivity index (χ1n) is 11.6. The molecule has 0 radical (unpaired) electrons. The summed E-state index contributed by atoms with van der Waals surface area (Å²) in [7, 11) is 1.43. The van der Waals surface area contributed by atoms with Gasteiger partial charge in [-0.3, -0.25) is 4.79 Å². The zero-order valence-corrected chi connectivity index (χ0v) is 20.7. The fourth-order valence-electron chi connectivity index (χ4n) is 4.18. The maximum Gasteiger partial charge on any atom is 0.249 e. The van der Waals surface area contributed by atoms with Crippen molar-refractivity contribution in [3.63, 3.8) is 0 Å². The number of halogens is 2. The van der Waals surface area contributed by atoms with Crippen molar-refractivity contribution in [1.82, 2.24) is 14.5 Å². The van der Waals surface area contributed by atoms with E-state index < -0.39 is 17.6 Å². The molecule has 188 valence electrons. The van der Waals surface area contributed by atoms with Crippen molar-refractivity contribution in [2.75, 3.05) is 26.8 Å². The smallest absolute Gasteiger partial charge is 0.249 e. The summed E-state index contributed by atoms with van der Waals surface area (Å²) in [5.41, 5.74) is 7.27. The number of carbonyl (C=O) groups excluding carboxylic acids is 1. The summed E-state index contributed by atoms with van der Waals surface area (Å²) in [6.07, 6.45) is 0.450. The molecule has 0 saturated carbocycles. The van der Waals surface area contributed by atoms with Gasteiger partial charge in [0.05, 0.1) is 18.3 Å². The average molecular weight is 485 g/mol. The Morgan fingerprint density at radius 1 is 1.17 bits per heavy atom. The molecule has 2 atom stereocenters. The minimum Gasteiger partial charge on any atom is -0.375 e. The minimum atomic E-state index is -1.40. The van der Waals surface area contributed by atoms with Gasteiger partial charge in [-0.15, -0.1) is 0 Å². The number of nitrogens with two attached hydrogens (primary N) is 1. The number of rotatable bonds is 10. The number of methoxy groups -OCH3 is 1. The lowest BCUT2D eigenvalue weighted by Crippen LogP contribution is -2.47. The monoisotopic (exact) mass is 484 g/mol. The van der Waals surface area contributed by atoms with Crippen molar-refractivity contribution in [2.24, 2.45) is 11.1 Å². The molecule has 0 spiro atoms. The highest BCUT2D eigenvalue weighted by Gasteiger charge is 2.39. The number of nitrogens with zero attached hydrogens (tertiary/aromatic N) is 3. The van der Waals surface area contributed by atoms with Gasteiger partial charge in [0.2, 0.25) is 5.91 Å². The normalized spacial score (nSPS) is 13.5. The molecule has 0 bridgehead atoms. The lowest BCUT2D eigenvalue weighted by atomic mass is 9.84. The van der Waals surface area contributed by atoms with E-state index in [9.17, 15) is 13.6 Å². The van der Waals surface area contributed by atoms with Crippen molar-refractivity contribution in [2.45, 2.75) is 39.5 Å². The maximum atomic E-state index is 14.6. The number of imidazole rings is 1. The SMILES string of the molecule is COCC(=O)N(C[C@H](F)CN)[C@@H](c1nc(-c2cccc(F)c2)cn1Cc1ccccc1)C(C)(C)C. The van der Waals surface area contributed by atoms with E-state index in [-0.39, 0.29) is 31.4 Å². The first kappa shape index (κ1) is 26.5. The fourth-order valence-corrected chi connectivity index (χ4v) is 4.18. The number of benzene rings is 2. The third-order valence-corrected chi connectivity index (χ3v) is 5.74. The van der Waals surface area contributed by atoms with Crippen LogP contribution >= 0.6 is 0 Å². The lowest BCUT2D eigenvalue weighted by Gasteiger charge is -2.40. The first-order valence-corrected chi connectivity index (χ1v) is 11.6. The van der Waals surface area contributed by atoms with Crippen LogP contribution in [-0.4, -0.2) is 53.3 Å². The summed E-state index contributed by atoms with van der Waals surface area (Å²) in [6, 6.07) is 15.4. The predicted octanol–water partition coefficient (Wildman–Crippen LogP) is 4.60. The molecule has 6 nitrogen and oxygen atoms in total. The molecule has 2 aromatic carbocycles. The lowest BCUT2D eigenvalue weighted by molar-refractivity contribution is -0.141. The Morgan fingerprint density at radius 3 is 2.49 bits per heavy atom. The fraction of sp³-hybridized carbons (Fsp3) is 0.407. The molecule has 1 aromatic heterocycles. The Labute approximate surface area is 205 Å². The van der Waals surface area contributed by atoms with Crippen LogP contribution in [0.2, 0.25) is 0 Å². The summed E-state index contributed by atoms with van der Waals surface area (Å²) >= 11 is 0. The number of ether oxygens (including phenoxy) is 1. The van der Waals surface area contributed by atoms with Gasteiger partial charge in [-0.2, -0.15) is 0 Å². The van der Waals surface area contributed by atoms with E-state index in [4.69, 9.17) is 15.5 Å². The Kier molecular flexibility index (Phi) is 8.75. The Balaban J connectivity index is 2.18. The topological polar surface area (TPSA) is 73.4 Å². The molecule has 35 heavy (non-hydrogen) atoms. The molecule has 0 unspecified atom stereocenters. The molecule has 8 heteroatoms. The van der Waals surface area contributed by atoms with Crippen LogP contribution in [0.3, 0.4) is 0 Å². The molecule has 1 heterocycles. The number of hydrogen-bond donors (Lipinski definition) is 1. The summed E-state index contributed by atoms with van der Waals surface area (Å²) < 4.78 is 35.6. The molecule has 0 aliphatic rings. The summed E-state index contributed by atoms with van der Waals surface area (Å²) in [5.74, 6) is -0.145. The molecule has 3 aromatic rings. The van der Waals surface area contributed by atoms with Gasteiger partial charge < -0.3 is 19.9 Å². The molecule has 0 saturated heterocycles. The largest absolute Gasteiger partial charge is 0.375 e. The average Bonchev–Trinajstić information content (AvgIpc) is 3.21. The highest BCUT2D eigenvalue weighted by molar-refractivity contribution is 5.78. The van der Waals surface area contributed by atoms with Crippen LogP contribution in [-0.2, 0) is 16.1 Å². The third-order valence-electron chi connectivity index (χ3n) is 5.74. The van der Waals surface area contributed by atoms with Gasteiger partial charge in [-0.1, -0.05) is 63.2 Å². The molecule has 0 aliphatic carbocycles. The number of carbonyl (C=O) groups is 1. The zero-order valence-electron chi connectivity index (χ0n) is 20.7. The summed E-state index contributed by atoms with van der Waals surface area (Å²) in [4.78, 5) is 19.5. The molecule has 2 N–H and O–H groups in total. The number of amides is 1. The zero-order chi connectivity index (χ0) is 25.6. The molecule has 0 fully saturated rings. The second kappa shape index (κ2) is 11.6. The van der Waals surface area contributed by atoms with Crippen molar-refractivity contribution < 1.29 is 18.3 Å². The van der Waals surface area contributed by atoms with E-state index >= 15 is 0 Å². The summed E-state index contributed by atoms with van der Waals surface area (Å²) in [6.45, 7) is 5.82. The summed E-state index contributed by atoms with van der Waals surface area (Å²) in [5, 5.41) is 0. The molecular formula is C27H34F2N4O2. The number of aromatic nitrogens is 2. The van der Waals surface area contributed by atoms with Crippen molar-refractivity contribution in [1.29, 1.82) is 0 Å². The highest BCUT2D eigenvalue weighted by atomic mass is 19.1. The third kappa shape index (κ3) is 6.74. The van der Waals surface area contributed by atoms with Gasteiger partial charge in [0.15, 0.2) is 0 Å². The van der Waals surface area contributed by atoms with Crippen molar-refractivity contribution in [3.05, 3.63) is 78.0 Å². The van der Waals surface area contributed by atoms with E-state index in [1.807, 2.05) is 61.9 Å². The van der Waals surface area contributed by atoms with Crippen LogP contribution in [0.4, 0.5) is 8.78 Å². The van der Waals surface area contributed by atoms with Crippen LogP contribution in [0.25, 0.3) is 11.3 Å². The second-order valence-electron chi connectivity index (χ2n) is 9.69. The van der Waals surface area contributed by atoms with Crippen molar-refractivity contribution in [3.8, 4) is 11.3 Å².